The predicted molar refractivity (Wildman–Crippen MR) is 95.2 cm³/mol. The van der Waals surface area contributed by atoms with Crippen molar-refractivity contribution in [2.24, 2.45) is 0 Å². The van der Waals surface area contributed by atoms with Crippen LogP contribution in [0, 0.1) is 0 Å². The fourth-order valence-corrected chi connectivity index (χ4v) is 2.69. The largest absolute Gasteiger partial charge is 0.478 e. The van der Waals surface area contributed by atoms with Crippen molar-refractivity contribution in [3.8, 4) is 0 Å². The fourth-order valence-electron chi connectivity index (χ4n) is 2.69. The van der Waals surface area contributed by atoms with Crippen molar-refractivity contribution < 1.29 is 52.0 Å². The molecule has 1 aliphatic heterocycles. The molecule has 0 radical (unpaired) electrons. The normalized spacial score (nSPS) is 22.3. The fraction of sp³-hybridized carbons (Fsp3) is 0.611. The van der Waals surface area contributed by atoms with E-state index in [9.17, 15) is 24.0 Å². The summed E-state index contributed by atoms with van der Waals surface area (Å²) in [5.41, 5.74) is 0. The number of methoxy groups -OCH3 is 1. The Morgan fingerprint density at radius 3 is 2.20 bits per heavy atom. The van der Waals surface area contributed by atoms with Crippen molar-refractivity contribution in [1.29, 1.82) is 0 Å². The van der Waals surface area contributed by atoms with Gasteiger partial charge >= 0.3 is 23.9 Å². The van der Waals surface area contributed by atoms with Gasteiger partial charge < -0.3 is 29.0 Å². The lowest BCUT2D eigenvalue weighted by Crippen LogP contribution is -2.60. The quantitative estimate of drug-likeness (QED) is 0.401. The van der Waals surface area contributed by atoms with Gasteiger partial charge in [-0.1, -0.05) is 0 Å². The highest BCUT2D eigenvalue weighted by Crippen LogP contribution is 2.28. The summed E-state index contributed by atoms with van der Waals surface area (Å²) in [6.07, 6.45) is -5.76. The third-order valence-electron chi connectivity index (χ3n) is 3.78. The van der Waals surface area contributed by atoms with Crippen LogP contribution in [0.1, 0.15) is 27.7 Å². The van der Waals surface area contributed by atoms with E-state index < -0.39 is 72.7 Å². The van der Waals surface area contributed by atoms with E-state index in [1.165, 1.54) is 0 Å². The molecule has 0 aromatic carbocycles. The highest BCUT2D eigenvalue weighted by molar-refractivity contribution is 5.86. The first-order valence-corrected chi connectivity index (χ1v) is 8.82. The van der Waals surface area contributed by atoms with Gasteiger partial charge in [0.15, 0.2) is 18.4 Å². The van der Waals surface area contributed by atoms with E-state index in [0.717, 1.165) is 40.9 Å². The Balaban J connectivity index is 3.34. The molecule has 1 rings (SSSR count). The third kappa shape index (κ3) is 7.33. The predicted octanol–water partition coefficient (Wildman–Crippen LogP) is -0.289. The Kier molecular flexibility index (Phi) is 9.21. The van der Waals surface area contributed by atoms with Gasteiger partial charge in [0.2, 0.25) is 11.7 Å². The van der Waals surface area contributed by atoms with E-state index in [1.54, 1.807) is 0 Å². The molecular formula is C18H24FNO10. The van der Waals surface area contributed by atoms with Crippen LogP contribution in [0.15, 0.2) is 11.8 Å². The Bertz CT molecular complexity index is 722. The maximum atomic E-state index is 15.5. The minimum absolute atomic E-state index is 0.480. The van der Waals surface area contributed by atoms with E-state index >= 15 is 4.39 Å². The summed E-state index contributed by atoms with van der Waals surface area (Å²) in [5.74, 6) is -4.49. The molecule has 168 valence electrons. The maximum Gasteiger partial charge on any atom is 0.373 e. The standard InChI is InChI=1S/C18H24FNO10/c1-8(21)20-16-12(28-10(3)23)6-13(18(25)26-5)30-17(16)15(19)14(29-11(4)24)7-27-9(2)22/h6,12,14-17H,7H2,1-5H3,(H,20,21)/t12-,14+,15+,16+,17-/m0/s1. The summed E-state index contributed by atoms with van der Waals surface area (Å²) in [6.45, 7) is 3.65. The SMILES string of the molecule is COC(=O)C1=C[C@H](OC(C)=O)[C@@H](NC(C)=O)[C@H]([C@H](F)[C@@H](COC(C)=O)OC(C)=O)O1. The van der Waals surface area contributed by atoms with Crippen molar-refractivity contribution in [3.05, 3.63) is 11.8 Å². The summed E-state index contributed by atoms with van der Waals surface area (Å²) in [4.78, 5) is 57.5. The number of halogens is 1. The summed E-state index contributed by atoms with van der Waals surface area (Å²) in [7, 11) is 1.05. The lowest BCUT2D eigenvalue weighted by Gasteiger charge is -2.39. The van der Waals surface area contributed by atoms with Gasteiger partial charge in [-0.05, 0) is 0 Å². The topological polar surface area (TPSA) is 144 Å². The number of ether oxygens (including phenoxy) is 5. The summed E-state index contributed by atoms with van der Waals surface area (Å²) >= 11 is 0. The zero-order chi connectivity index (χ0) is 23.0. The Hall–Kier alpha value is -3.18. The van der Waals surface area contributed by atoms with Gasteiger partial charge in [-0.15, -0.1) is 0 Å². The molecule has 0 bridgehead atoms. The van der Waals surface area contributed by atoms with Crippen LogP contribution in [-0.4, -0.2) is 74.0 Å². The molecule has 5 atom stereocenters. The molecule has 0 saturated carbocycles. The smallest absolute Gasteiger partial charge is 0.373 e. The van der Waals surface area contributed by atoms with Gasteiger partial charge in [0.25, 0.3) is 0 Å². The molecule has 1 aliphatic rings. The van der Waals surface area contributed by atoms with Crippen LogP contribution >= 0.6 is 0 Å². The molecule has 11 nitrogen and oxygen atoms in total. The highest BCUT2D eigenvalue weighted by atomic mass is 19.1. The first-order chi connectivity index (χ1) is 14.0. The molecule has 0 saturated heterocycles. The minimum atomic E-state index is -2.21. The molecule has 0 aromatic rings. The summed E-state index contributed by atoms with van der Waals surface area (Å²) in [5, 5.41) is 2.39. The maximum absolute atomic E-state index is 15.5. The molecule has 0 aliphatic carbocycles. The van der Waals surface area contributed by atoms with E-state index in [2.05, 4.69) is 10.1 Å². The number of nitrogens with one attached hydrogen (secondary N) is 1. The van der Waals surface area contributed by atoms with E-state index in [1.807, 2.05) is 0 Å². The van der Waals surface area contributed by atoms with E-state index in [-0.39, 0.29) is 0 Å². The third-order valence-corrected chi connectivity index (χ3v) is 3.78. The van der Waals surface area contributed by atoms with Crippen LogP contribution in [0.3, 0.4) is 0 Å². The van der Waals surface area contributed by atoms with Gasteiger partial charge in [-0.3, -0.25) is 19.2 Å². The molecule has 1 amide bonds. The second-order valence-electron chi connectivity index (χ2n) is 6.30. The van der Waals surface area contributed by atoms with Crippen LogP contribution in [0.5, 0.6) is 0 Å². The number of hydrogen-bond donors (Lipinski definition) is 1. The van der Waals surface area contributed by atoms with E-state index in [0.29, 0.717) is 0 Å². The van der Waals surface area contributed by atoms with Crippen LogP contribution in [-0.2, 0) is 47.7 Å². The first kappa shape index (κ1) is 24.9. The van der Waals surface area contributed by atoms with Crippen LogP contribution in [0.2, 0.25) is 0 Å². The van der Waals surface area contributed by atoms with Crippen LogP contribution in [0.4, 0.5) is 4.39 Å². The first-order valence-electron chi connectivity index (χ1n) is 8.82. The van der Waals surface area contributed by atoms with Crippen molar-refractivity contribution in [2.75, 3.05) is 13.7 Å². The zero-order valence-electron chi connectivity index (χ0n) is 17.1. The van der Waals surface area contributed by atoms with Crippen molar-refractivity contribution in [2.45, 2.75) is 58.2 Å². The monoisotopic (exact) mass is 433 g/mol. The molecule has 12 heteroatoms. The second-order valence-corrected chi connectivity index (χ2v) is 6.30. The molecule has 0 fully saturated rings. The number of esters is 4. The molecule has 1 N–H and O–H groups in total. The molecule has 0 aromatic heterocycles. The van der Waals surface area contributed by atoms with Gasteiger partial charge in [0.1, 0.15) is 18.8 Å². The summed E-state index contributed by atoms with van der Waals surface area (Å²) in [6, 6.07) is -1.30. The molecule has 0 spiro atoms. The molecule has 30 heavy (non-hydrogen) atoms. The number of hydrogen-bond acceptors (Lipinski definition) is 10. The van der Waals surface area contributed by atoms with Gasteiger partial charge in [0, 0.05) is 33.8 Å². The number of carbonyl (C=O) groups excluding carboxylic acids is 5. The number of rotatable bonds is 8. The lowest BCUT2D eigenvalue weighted by molar-refractivity contribution is -0.171. The summed E-state index contributed by atoms with van der Waals surface area (Å²) < 4.78 is 40.1. The Labute approximate surface area is 171 Å². The molecule has 1 heterocycles. The minimum Gasteiger partial charge on any atom is -0.478 e. The Morgan fingerprint density at radius 2 is 1.73 bits per heavy atom. The van der Waals surface area contributed by atoms with Crippen molar-refractivity contribution in [1.82, 2.24) is 5.32 Å². The van der Waals surface area contributed by atoms with Gasteiger partial charge in [-0.2, -0.15) is 0 Å². The average molecular weight is 433 g/mol. The van der Waals surface area contributed by atoms with Gasteiger partial charge in [-0.25, -0.2) is 9.18 Å². The second kappa shape index (κ2) is 11.1. The van der Waals surface area contributed by atoms with Crippen LogP contribution < -0.4 is 5.32 Å². The lowest BCUT2D eigenvalue weighted by atomic mass is 9.94. The molecule has 0 unspecified atom stereocenters. The number of alkyl halides is 1. The zero-order valence-corrected chi connectivity index (χ0v) is 17.1. The number of amides is 1. The van der Waals surface area contributed by atoms with Gasteiger partial charge in [0.05, 0.1) is 7.11 Å². The average Bonchev–Trinajstić information content (AvgIpc) is 2.63. The Morgan fingerprint density at radius 1 is 1.10 bits per heavy atom. The van der Waals surface area contributed by atoms with Crippen molar-refractivity contribution >= 4 is 29.8 Å². The highest BCUT2D eigenvalue weighted by Gasteiger charge is 2.47. The van der Waals surface area contributed by atoms with Crippen LogP contribution in [0.25, 0.3) is 0 Å². The molecular weight excluding hydrogens is 409 g/mol. The van der Waals surface area contributed by atoms with Crippen molar-refractivity contribution in [3.63, 3.8) is 0 Å². The number of carbonyl (C=O) groups is 5. The van der Waals surface area contributed by atoms with E-state index in [4.69, 9.17) is 18.9 Å².